The molecule has 1 unspecified atom stereocenters. The smallest absolute Gasteiger partial charge is 0.141 e. The Hall–Kier alpha value is -1.58. The zero-order valence-electron chi connectivity index (χ0n) is 9.61. The van der Waals surface area contributed by atoms with E-state index in [0.717, 1.165) is 11.1 Å². The summed E-state index contributed by atoms with van der Waals surface area (Å²) in [5, 5.41) is 9.43. The Morgan fingerprint density at radius 3 is 2.67 bits per heavy atom. The number of halogens is 2. The highest BCUT2D eigenvalue weighted by Crippen LogP contribution is 2.23. The van der Waals surface area contributed by atoms with Crippen molar-refractivity contribution >= 4 is 11.6 Å². The fraction of sp³-hybridized carbons (Fsp3) is 0.143. The highest BCUT2D eigenvalue weighted by atomic mass is 35.5. The van der Waals surface area contributed by atoms with Crippen LogP contribution >= 0.6 is 11.6 Å². The van der Waals surface area contributed by atoms with Crippen LogP contribution < -0.4 is 5.73 Å². The maximum atomic E-state index is 13.0. The molecule has 0 aliphatic heterocycles. The zero-order chi connectivity index (χ0) is 13.1. The Morgan fingerprint density at radius 1 is 1.22 bits per heavy atom. The lowest BCUT2D eigenvalue weighted by atomic mass is 9.99. The van der Waals surface area contributed by atoms with Gasteiger partial charge >= 0.3 is 0 Å². The van der Waals surface area contributed by atoms with Crippen molar-refractivity contribution in [1.29, 1.82) is 0 Å². The normalized spacial score (nSPS) is 12.4. The van der Waals surface area contributed by atoms with Crippen molar-refractivity contribution in [3.8, 4) is 5.75 Å². The molecule has 0 aliphatic rings. The van der Waals surface area contributed by atoms with Gasteiger partial charge in [-0.25, -0.2) is 4.39 Å². The molecule has 0 fully saturated rings. The van der Waals surface area contributed by atoms with Gasteiger partial charge in [0.1, 0.15) is 11.6 Å². The molecule has 2 rings (SSSR count). The van der Waals surface area contributed by atoms with Gasteiger partial charge < -0.3 is 10.8 Å². The summed E-state index contributed by atoms with van der Waals surface area (Å²) in [6, 6.07) is 11.1. The van der Waals surface area contributed by atoms with Gasteiger partial charge in [-0.2, -0.15) is 0 Å². The summed E-state index contributed by atoms with van der Waals surface area (Å²) in [5.74, 6) is -0.248. The van der Waals surface area contributed by atoms with E-state index in [9.17, 15) is 9.50 Å². The predicted octanol–water partition coefficient (Wildman–Crippen LogP) is 3.43. The molecule has 0 saturated heterocycles. The summed E-state index contributed by atoms with van der Waals surface area (Å²) in [6.07, 6.45) is 0.552. The maximum absolute atomic E-state index is 13.0. The van der Waals surface area contributed by atoms with Crippen LogP contribution in [0.2, 0.25) is 5.02 Å². The molecular formula is C14H13ClFNO. The van der Waals surface area contributed by atoms with Crippen LogP contribution in [-0.2, 0) is 6.42 Å². The molecular weight excluding hydrogens is 253 g/mol. The van der Waals surface area contributed by atoms with Crippen molar-refractivity contribution in [3.05, 3.63) is 64.4 Å². The largest absolute Gasteiger partial charge is 0.508 e. The summed E-state index contributed by atoms with van der Waals surface area (Å²) < 4.78 is 13.0. The lowest BCUT2D eigenvalue weighted by molar-refractivity contribution is 0.474. The van der Waals surface area contributed by atoms with E-state index in [4.69, 9.17) is 17.3 Å². The molecule has 2 aromatic rings. The van der Waals surface area contributed by atoms with Crippen molar-refractivity contribution < 1.29 is 9.50 Å². The Balaban J connectivity index is 2.16. The molecule has 0 bridgehead atoms. The molecule has 1 atom stereocenters. The average molecular weight is 266 g/mol. The second-order valence-corrected chi connectivity index (χ2v) is 4.56. The van der Waals surface area contributed by atoms with Crippen LogP contribution in [0.25, 0.3) is 0 Å². The molecule has 4 heteroatoms. The van der Waals surface area contributed by atoms with Gasteiger partial charge in [0.15, 0.2) is 0 Å². The molecule has 18 heavy (non-hydrogen) atoms. The molecule has 0 heterocycles. The third kappa shape index (κ3) is 3.00. The second-order valence-electron chi connectivity index (χ2n) is 4.15. The Morgan fingerprint density at radius 2 is 2.00 bits per heavy atom. The average Bonchev–Trinajstić information content (AvgIpc) is 2.32. The molecule has 0 radical (unpaired) electrons. The highest BCUT2D eigenvalue weighted by molar-refractivity contribution is 6.30. The first-order chi connectivity index (χ1) is 8.56. The predicted molar refractivity (Wildman–Crippen MR) is 70.1 cm³/mol. The van der Waals surface area contributed by atoms with Crippen molar-refractivity contribution in [2.45, 2.75) is 12.5 Å². The summed E-state index contributed by atoms with van der Waals surface area (Å²) in [7, 11) is 0. The number of hydrogen-bond acceptors (Lipinski definition) is 2. The number of rotatable bonds is 3. The van der Waals surface area contributed by atoms with Gasteiger partial charge in [-0.05, 0) is 41.8 Å². The van der Waals surface area contributed by atoms with E-state index >= 15 is 0 Å². The Bertz CT molecular complexity index is 559. The SMILES string of the molecule is NC(Cc1cccc(O)c1)c1ccc(F)c(Cl)c1. The number of benzene rings is 2. The third-order valence-corrected chi connectivity index (χ3v) is 3.03. The minimum absolute atomic E-state index is 0.0684. The van der Waals surface area contributed by atoms with Crippen molar-refractivity contribution in [2.24, 2.45) is 5.73 Å². The molecule has 0 amide bonds. The number of nitrogens with two attached hydrogens (primary N) is 1. The number of phenolic OH excluding ortho intramolecular Hbond substituents is 1. The quantitative estimate of drug-likeness (QED) is 0.893. The third-order valence-electron chi connectivity index (χ3n) is 2.74. The van der Waals surface area contributed by atoms with E-state index in [-0.39, 0.29) is 16.8 Å². The van der Waals surface area contributed by atoms with Gasteiger partial charge in [-0.15, -0.1) is 0 Å². The van der Waals surface area contributed by atoms with E-state index in [1.165, 1.54) is 12.1 Å². The van der Waals surface area contributed by atoms with E-state index in [2.05, 4.69) is 0 Å². The highest BCUT2D eigenvalue weighted by Gasteiger charge is 2.10. The minimum Gasteiger partial charge on any atom is -0.508 e. The summed E-state index contributed by atoms with van der Waals surface area (Å²) >= 11 is 5.72. The lowest BCUT2D eigenvalue weighted by Crippen LogP contribution is -2.13. The fourth-order valence-corrected chi connectivity index (χ4v) is 1.99. The van der Waals surface area contributed by atoms with Crippen molar-refractivity contribution in [1.82, 2.24) is 0 Å². The van der Waals surface area contributed by atoms with Crippen molar-refractivity contribution in [3.63, 3.8) is 0 Å². The summed E-state index contributed by atoms with van der Waals surface area (Å²) in [6.45, 7) is 0. The number of aromatic hydroxyl groups is 1. The topological polar surface area (TPSA) is 46.2 Å². The maximum Gasteiger partial charge on any atom is 0.141 e. The molecule has 2 aromatic carbocycles. The van der Waals surface area contributed by atoms with Crippen LogP contribution in [0.4, 0.5) is 4.39 Å². The molecule has 0 saturated carbocycles. The van der Waals surface area contributed by atoms with Gasteiger partial charge in [0.2, 0.25) is 0 Å². The van der Waals surface area contributed by atoms with Gasteiger partial charge in [-0.3, -0.25) is 0 Å². The Kier molecular flexibility index (Phi) is 3.84. The molecule has 0 aromatic heterocycles. The molecule has 2 nitrogen and oxygen atoms in total. The minimum atomic E-state index is -0.454. The van der Waals surface area contributed by atoms with Gasteiger partial charge in [0, 0.05) is 6.04 Å². The van der Waals surface area contributed by atoms with Crippen LogP contribution in [0.5, 0.6) is 5.75 Å². The number of hydrogen-bond donors (Lipinski definition) is 2. The van der Waals surface area contributed by atoms with Crippen LogP contribution in [-0.4, -0.2) is 5.11 Å². The monoisotopic (exact) mass is 265 g/mol. The lowest BCUT2D eigenvalue weighted by Gasteiger charge is -2.13. The van der Waals surface area contributed by atoms with E-state index in [1.807, 2.05) is 6.07 Å². The number of phenols is 1. The standard InChI is InChI=1S/C14H13ClFNO/c15-12-8-10(4-5-13(12)16)14(17)7-9-2-1-3-11(18)6-9/h1-6,8,14,18H,7,17H2. The Labute approximate surface area is 110 Å². The second kappa shape index (κ2) is 5.38. The van der Waals surface area contributed by atoms with Crippen molar-refractivity contribution in [2.75, 3.05) is 0 Å². The molecule has 0 spiro atoms. The first kappa shape index (κ1) is 12.9. The van der Waals surface area contributed by atoms with E-state index in [1.54, 1.807) is 24.3 Å². The summed E-state index contributed by atoms with van der Waals surface area (Å²) in [5.41, 5.74) is 7.72. The van der Waals surface area contributed by atoms with Crippen LogP contribution in [0.1, 0.15) is 17.2 Å². The summed E-state index contributed by atoms with van der Waals surface area (Å²) in [4.78, 5) is 0. The van der Waals surface area contributed by atoms with Gasteiger partial charge in [0.25, 0.3) is 0 Å². The van der Waals surface area contributed by atoms with E-state index in [0.29, 0.717) is 6.42 Å². The molecule has 3 N–H and O–H groups in total. The van der Waals surface area contributed by atoms with Gasteiger partial charge in [0.05, 0.1) is 5.02 Å². The fourth-order valence-electron chi connectivity index (χ4n) is 1.80. The van der Waals surface area contributed by atoms with Crippen LogP contribution in [0, 0.1) is 5.82 Å². The zero-order valence-corrected chi connectivity index (χ0v) is 10.4. The van der Waals surface area contributed by atoms with Crippen LogP contribution in [0.3, 0.4) is 0 Å². The molecule has 0 aliphatic carbocycles. The van der Waals surface area contributed by atoms with Gasteiger partial charge in [-0.1, -0.05) is 29.8 Å². The first-order valence-corrected chi connectivity index (χ1v) is 5.92. The van der Waals surface area contributed by atoms with E-state index < -0.39 is 5.82 Å². The first-order valence-electron chi connectivity index (χ1n) is 5.54. The van der Waals surface area contributed by atoms with Crippen LogP contribution in [0.15, 0.2) is 42.5 Å². The molecule has 94 valence electrons.